The van der Waals surface area contributed by atoms with Crippen molar-refractivity contribution in [2.45, 2.75) is 38.1 Å². The maximum absolute atomic E-state index is 13.3. The summed E-state index contributed by atoms with van der Waals surface area (Å²) in [4.78, 5) is 40.2. The lowest BCUT2D eigenvalue weighted by Gasteiger charge is -2.26. The molecule has 0 amide bonds. The Morgan fingerprint density at radius 1 is 1.21 bits per heavy atom. The molecular weight excluding hydrogens is 450 g/mol. The van der Waals surface area contributed by atoms with Crippen molar-refractivity contribution < 1.29 is 23.5 Å². The van der Waals surface area contributed by atoms with Crippen molar-refractivity contribution in [2.24, 2.45) is 0 Å². The second-order valence-electron chi connectivity index (χ2n) is 8.12. The van der Waals surface area contributed by atoms with E-state index in [0.29, 0.717) is 22.9 Å². The lowest BCUT2D eigenvalue weighted by Crippen LogP contribution is -2.29. The zero-order valence-corrected chi connectivity index (χ0v) is 18.9. The molecule has 174 valence electrons. The maximum Gasteiger partial charge on any atom is 0.306 e. The summed E-state index contributed by atoms with van der Waals surface area (Å²) in [5.74, 6) is -2.22. The number of carbonyl (C=O) groups is 1. The number of hydrogen-bond donors (Lipinski definition) is 1. The van der Waals surface area contributed by atoms with Gasteiger partial charge in [-0.05, 0) is 44.1 Å². The fraction of sp³-hybridized carbons (Fsp3) is 0.375. The van der Waals surface area contributed by atoms with Crippen molar-refractivity contribution in [2.75, 3.05) is 20.2 Å². The Bertz CT molecular complexity index is 1290. The van der Waals surface area contributed by atoms with Crippen LogP contribution in [0.2, 0.25) is 5.02 Å². The van der Waals surface area contributed by atoms with Crippen LogP contribution >= 0.6 is 11.6 Å². The molecule has 1 aliphatic rings. The molecular formula is C24H24ClNO7. The first-order valence-corrected chi connectivity index (χ1v) is 11.1. The lowest BCUT2D eigenvalue weighted by atomic mass is 9.92. The number of aromatic hydroxyl groups is 1. The van der Waals surface area contributed by atoms with Crippen LogP contribution in [0.25, 0.3) is 11.0 Å². The number of methoxy groups -OCH3 is 1. The normalized spacial score (nSPS) is 15.5. The monoisotopic (exact) mass is 473 g/mol. The summed E-state index contributed by atoms with van der Waals surface area (Å²) in [6, 6.07) is 5.86. The summed E-state index contributed by atoms with van der Waals surface area (Å²) in [7, 11) is 1.21. The lowest BCUT2D eigenvalue weighted by molar-refractivity contribution is -0.140. The molecule has 9 heteroatoms. The summed E-state index contributed by atoms with van der Waals surface area (Å²) < 4.78 is 16.3. The number of esters is 1. The number of nitrogens with zero attached hydrogens (tertiary/aromatic N) is 1. The second-order valence-corrected chi connectivity index (χ2v) is 8.56. The van der Waals surface area contributed by atoms with Gasteiger partial charge in [-0.1, -0.05) is 18.0 Å². The van der Waals surface area contributed by atoms with E-state index in [0.717, 1.165) is 32.4 Å². The van der Waals surface area contributed by atoms with E-state index in [-0.39, 0.29) is 23.1 Å². The number of carbonyl (C=O) groups excluding carboxylic acids is 1. The van der Waals surface area contributed by atoms with E-state index in [1.165, 1.54) is 25.5 Å². The fourth-order valence-corrected chi connectivity index (χ4v) is 4.33. The van der Waals surface area contributed by atoms with Gasteiger partial charge >= 0.3 is 5.97 Å². The molecule has 33 heavy (non-hydrogen) atoms. The van der Waals surface area contributed by atoms with E-state index < -0.39 is 28.5 Å². The first-order chi connectivity index (χ1) is 15.9. The van der Waals surface area contributed by atoms with Crippen LogP contribution in [0.1, 0.15) is 48.7 Å². The van der Waals surface area contributed by atoms with Gasteiger partial charge in [-0.2, -0.15) is 0 Å². The molecule has 0 spiro atoms. The molecule has 0 unspecified atom stereocenters. The highest BCUT2D eigenvalue weighted by Gasteiger charge is 2.30. The molecule has 0 aliphatic carbocycles. The molecule has 4 rings (SSSR count). The second kappa shape index (κ2) is 9.80. The van der Waals surface area contributed by atoms with Gasteiger partial charge in [-0.3, -0.25) is 19.3 Å². The highest BCUT2D eigenvalue weighted by molar-refractivity contribution is 6.31. The first-order valence-electron chi connectivity index (χ1n) is 10.7. The molecule has 0 radical (unpaired) electrons. The molecule has 1 aliphatic heterocycles. The molecule has 1 N–H and O–H groups in total. The topological polar surface area (TPSA) is 110 Å². The van der Waals surface area contributed by atoms with Crippen molar-refractivity contribution in [3.63, 3.8) is 0 Å². The average molecular weight is 474 g/mol. The summed E-state index contributed by atoms with van der Waals surface area (Å²) >= 11 is 6.05. The minimum Gasteiger partial charge on any atom is -0.502 e. The van der Waals surface area contributed by atoms with Gasteiger partial charge in [0, 0.05) is 16.7 Å². The molecule has 3 heterocycles. The van der Waals surface area contributed by atoms with Crippen LogP contribution < -0.4 is 10.9 Å². The Morgan fingerprint density at radius 3 is 2.70 bits per heavy atom. The largest absolute Gasteiger partial charge is 0.502 e. The number of benzene rings is 1. The van der Waals surface area contributed by atoms with Crippen LogP contribution in [0.3, 0.4) is 0 Å². The first kappa shape index (κ1) is 23.1. The average Bonchev–Trinajstić information content (AvgIpc) is 2.81. The minimum atomic E-state index is -1.09. The van der Waals surface area contributed by atoms with Crippen LogP contribution in [-0.4, -0.2) is 36.2 Å². The quantitative estimate of drug-likeness (QED) is 0.538. The van der Waals surface area contributed by atoms with Gasteiger partial charge in [0.15, 0.2) is 11.2 Å². The Balaban J connectivity index is 1.83. The SMILES string of the molecule is COC(=O)C[C@@H](c1oc(CN2CCCCC2)cc(=O)c1O)c1coc2ccc(Cl)cc2c1=O. The van der Waals surface area contributed by atoms with Crippen molar-refractivity contribution in [3.8, 4) is 5.75 Å². The highest BCUT2D eigenvalue weighted by atomic mass is 35.5. The number of likely N-dealkylation sites (tertiary alicyclic amines) is 1. The van der Waals surface area contributed by atoms with E-state index in [2.05, 4.69) is 4.90 Å². The molecule has 1 fully saturated rings. The van der Waals surface area contributed by atoms with E-state index in [1.54, 1.807) is 12.1 Å². The molecule has 1 atom stereocenters. The van der Waals surface area contributed by atoms with E-state index in [1.807, 2.05) is 0 Å². The predicted octanol–water partition coefficient (Wildman–Crippen LogP) is 3.79. The molecule has 8 nitrogen and oxygen atoms in total. The summed E-state index contributed by atoms with van der Waals surface area (Å²) in [6.45, 7) is 2.14. The zero-order valence-electron chi connectivity index (χ0n) is 18.1. The fourth-order valence-electron chi connectivity index (χ4n) is 4.16. The van der Waals surface area contributed by atoms with Crippen molar-refractivity contribution in [1.82, 2.24) is 4.90 Å². The number of hydrogen-bond acceptors (Lipinski definition) is 8. The number of ether oxygens (including phenoxy) is 1. The Morgan fingerprint density at radius 2 is 1.97 bits per heavy atom. The number of fused-ring (bicyclic) bond motifs is 1. The van der Waals surface area contributed by atoms with Crippen LogP contribution in [0.15, 0.2) is 49.0 Å². The Hall–Kier alpha value is -3.10. The van der Waals surface area contributed by atoms with Gasteiger partial charge < -0.3 is 18.7 Å². The molecule has 0 saturated carbocycles. The van der Waals surface area contributed by atoms with E-state index >= 15 is 0 Å². The van der Waals surface area contributed by atoms with Crippen molar-refractivity contribution in [1.29, 1.82) is 0 Å². The summed E-state index contributed by atoms with van der Waals surface area (Å²) in [6.07, 6.45) is 4.14. The predicted molar refractivity (Wildman–Crippen MR) is 122 cm³/mol. The van der Waals surface area contributed by atoms with Crippen molar-refractivity contribution in [3.05, 3.63) is 73.1 Å². The number of rotatable bonds is 6. The summed E-state index contributed by atoms with van der Waals surface area (Å²) in [5.41, 5.74) is -0.735. The standard InChI is InChI=1S/C24H24ClNO7/c1-31-21(28)11-16(18-13-32-20-6-5-14(25)9-17(20)22(18)29)24-23(30)19(27)10-15(33-24)12-26-7-3-2-4-8-26/h5-6,9-10,13,16,30H,2-4,7-8,11-12H2,1H3/t16-/m1/s1. The Labute approximate surface area is 194 Å². The van der Waals surface area contributed by atoms with Gasteiger partial charge in [-0.25, -0.2) is 0 Å². The van der Waals surface area contributed by atoms with Gasteiger partial charge in [-0.15, -0.1) is 0 Å². The van der Waals surface area contributed by atoms with Crippen LogP contribution in [0.4, 0.5) is 0 Å². The van der Waals surface area contributed by atoms with Crippen LogP contribution in [-0.2, 0) is 16.1 Å². The van der Waals surface area contributed by atoms with E-state index in [4.69, 9.17) is 25.2 Å². The van der Waals surface area contributed by atoms with E-state index in [9.17, 15) is 19.5 Å². The molecule has 1 aromatic carbocycles. The summed E-state index contributed by atoms with van der Waals surface area (Å²) in [5, 5.41) is 11.1. The third kappa shape index (κ3) is 4.96. The van der Waals surface area contributed by atoms with Gasteiger partial charge in [0.25, 0.3) is 0 Å². The van der Waals surface area contributed by atoms with Gasteiger partial charge in [0.2, 0.25) is 11.2 Å². The number of piperidine rings is 1. The van der Waals surface area contributed by atoms with Gasteiger partial charge in [0.1, 0.15) is 11.3 Å². The van der Waals surface area contributed by atoms with Gasteiger partial charge in [0.05, 0.1) is 37.6 Å². The zero-order chi connectivity index (χ0) is 23.5. The molecule has 3 aromatic rings. The van der Waals surface area contributed by atoms with Crippen molar-refractivity contribution >= 4 is 28.5 Å². The maximum atomic E-state index is 13.3. The smallest absolute Gasteiger partial charge is 0.306 e. The third-order valence-corrected chi connectivity index (χ3v) is 6.11. The highest BCUT2D eigenvalue weighted by Crippen LogP contribution is 2.33. The molecule has 0 bridgehead atoms. The Kier molecular flexibility index (Phi) is 6.85. The van der Waals surface area contributed by atoms with Crippen LogP contribution in [0.5, 0.6) is 5.75 Å². The number of halogens is 1. The van der Waals surface area contributed by atoms with Crippen LogP contribution in [0, 0.1) is 0 Å². The molecule has 1 saturated heterocycles. The third-order valence-electron chi connectivity index (χ3n) is 5.88. The molecule has 2 aromatic heterocycles. The minimum absolute atomic E-state index is 0.0451.